The highest BCUT2D eigenvalue weighted by atomic mass is 35.5. The lowest BCUT2D eigenvalue weighted by Gasteiger charge is -2.39. The van der Waals surface area contributed by atoms with Crippen molar-refractivity contribution in [1.29, 1.82) is 0 Å². The van der Waals surface area contributed by atoms with Crippen molar-refractivity contribution >= 4 is 17.4 Å². The van der Waals surface area contributed by atoms with E-state index in [4.69, 9.17) is 22.1 Å². The number of anilines is 1. The molecule has 0 radical (unpaired) electrons. The van der Waals surface area contributed by atoms with Gasteiger partial charge in [0.2, 0.25) is 0 Å². The van der Waals surface area contributed by atoms with E-state index in [1.807, 2.05) is 4.90 Å². The maximum atomic E-state index is 13.9. The van der Waals surface area contributed by atoms with Gasteiger partial charge < -0.3 is 15.4 Å². The third-order valence-electron chi connectivity index (χ3n) is 3.33. The second-order valence-electron chi connectivity index (χ2n) is 4.42. The number of pyridine rings is 1. The highest BCUT2D eigenvalue weighted by Crippen LogP contribution is 2.27. The Bertz CT molecular complexity index is 418. The maximum absolute atomic E-state index is 13.9. The van der Waals surface area contributed by atoms with Crippen LogP contribution in [0, 0.1) is 5.82 Å². The fourth-order valence-corrected chi connectivity index (χ4v) is 2.49. The van der Waals surface area contributed by atoms with E-state index in [-0.39, 0.29) is 12.1 Å². The second kappa shape index (κ2) is 5.82. The zero-order valence-electron chi connectivity index (χ0n) is 10.3. The second-order valence-corrected chi connectivity index (χ2v) is 4.86. The molecule has 0 aliphatic carbocycles. The number of halogens is 2. The number of methoxy groups -OCH3 is 1. The van der Waals surface area contributed by atoms with Gasteiger partial charge >= 0.3 is 0 Å². The van der Waals surface area contributed by atoms with E-state index in [0.29, 0.717) is 23.9 Å². The van der Waals surface area contributed by atoms with Crippen LogP contribution in [0.3, 0.4) is 0 Å². The predicted octanol–water partition coefficient (Wildman–Crippen LogP) is 1.82. The lowest BCUT2D eigenvalue weighted by molar-refractivity contribution is 0.0706. The van der Waals surface area contributed by atoms with Gasteiger partial charge in [-0.2, -0.15) is 0 Å². The molecule has 2 unspecified atom stereocenters. The van der Waals surface area contributed by atoms with E-state index >= 15 is 0 Å². The smallest absolute Gasteiger partial charge is 0.167 e. The zero-order valence-corrected chi connectivity index (χ0v) is 11.0. The Morgan fingerprint density at radius 3 is 3.06 bits per heavy atom. The van der Waals surface area contributed by atoms with Crippen LogP contribution in [-0.4, -0.2) is 37.3 Å². The molecule has 1 aromatic rings. The summed E-state index contributed by atoms with van der Waals surface area (Å²) in [5, 5.41) is 0.298. The van der Waals surface area contributed by atoms with Gasteiger partial charge in [-0.3, -0.25) is 0 Å². The number of rotatable bonds is 3. The van der Waals surface area contributed by atoms with Crippen LogP contribution in [0.5, 0.6) is 0 Å². The fourth-order valence-electron chi connectivity index (χ4n) is 2.35. The molecule has 1 fully saturated rings. The number of nitrogens with zero attached hydrogens (tertiary/aromatic N) is 2. The first-order valence-corrected chi connectivity index (χ1v) is 6.34. The van der Waals surface area contributed by atoms with Gasteiger partial charge in [-0.1, -0.05) is 11.6 Å². The van der Waals surface area contributed by atoms with Gasteiger partial charge in [0.05, 0.1) is 11.1 Å². The van der Waals surface area contributed by atoms with Crippen LogP contribution < -0.4 is 10.6 Å². The topological polar surface area (TPSA) is 51.4 Å². The molecule has 1 aromatic heterocycles. The van der Waals surface area contributed by atoms with E-state index in [0.717, 1.165) is 12.8 Å². The maximum Gasteiger partial charge on any atom is 0.167 e. The SMILES string of the molecule is COC1CCN(c2ncc(Cl)cc2F)C(CN)C1. The largest absolute Gasteiger partial charge is 0.381 e. The summed E-state index contributed by atoms with van der Waals surface area (Å²) in [5.74, 6) is -0.0822. The van der Waals surface area contributed by atoms with Crippen molar-refractivity contribution in [1.82, 2.24) is 4.98 Å². The first kappa shape index (κ1) is 13.5. The minimum atomic E-state index is -0.406. The summed E-state index contributed by atoms with van der Waals surface area (Å²) in [4.78, 5) is 5.98. The Balaban J connectivity index is 2.21. The molecule has 100 valence electrons. The van der Waals surface area contributed by atoms with Crippen LogP contribution in [0.25, 0.3) is 0 Å². The van der Waals surface area contributed by atoms with Crippen LogP contribution in [0.2, 0.25) is 5.02 Å². The molecule has 1 saturated heterocycles. The van der Waals surface area contributed by atoms with Crippen molar-refractivity contribution in [3.8, 4) is 0 Å². The average Bonchev–Trinajstić information content (AvgIpc) is 2.38. The number of ether oxygens (including phenoxy) is 1. The summed E-state index contributed by atoms with van der Waals surface area (Å²) >= 11 is 5.71. The molecule has 6 heteroatoms. The normalized spacial score (nSPS) is 24.3. The van der Waals surface area contributed by atoms with E-state index in [1.54, 1.807) is 7.11 Å². The summed E-state index contributed by atoms with van der Waals surface area (Å²) in [7, 11) is 1.69. The Kier molecular flexibility index (Phi) is 4.37. The lowest BCUT2D eigenvalue weighted by atomic mass is 9.99. The van der Waals surface area contributed by atoms with E-state index in [2.05, 4.69) is 4.98 Å². The Hall–Kier alpha value is -0.910. The van der Waals surface area contributed by atoms with Crippen molar-refractivity contribution in [2.75, 3.05) is 25.1 Å². The predicted molar refractivity (Wildman–Crippen MR) is 69.4 cm³/mol. The van der Waals surface area contributed by atoms with Crippen molar-refractivity contribution in [2.24, 2.45) is 5.73 Å². The molecule has 0 bridgehead atoms. The van der Waals surface area contributed by atoms with Gasteiger partial charge in [-0.15, -0.1) is 0 Å². The van der Waals surface area contributed by atoms with Crippen molar-refractivity contribution in [2.45, 2.75) is 25.0 Å². The van der Waals surface area contributed by atoms with Gasteiger partial charge in [0.1, 0.15) is 0 Å². The van der Waals surface area contributed by atoms with Gasteiger partial charge in [0, 0.05) is 32.4 Å². The molecule has 2 atom stereocenters. The highest BCUT2D eigenvalue weighted by Gasteiger charge is 2.29. The molecular weight excluding hydrogens is 257 g/mol. The van der Waals surface area contributed by atoms with E-state index in [1.165, 1.54) is 12.3 Å². The average molecular weight is 274 g/mol. The Morgan fingerprint density at radius 1 is 1.67 bits per heavy atom. The molecule has 0 aromatic carbocycles. The molecule has 0 amide bonds. The van der Waals surface area contributed by atoms with Crippen LogP contribution in [0.1, 0.15) is 12.8 Å². The molecule has 2 heterocycles. The van der Waals surface area contributed by atoms with Crippen LogP contribution >= 0.6 is 11.6 Å². The summed E-state index contributed by atoms with van der Waals surface area (Å²) in [6.45, 7) is 1.13. The van der Waals surface area contributed by atoms with Crippen molar-refractivity contribution in [3.63, 3.8) is 0 Å². The minimum absolute atomic E-state index is 0.0480. The summed E-state index contributed by atoms with van der Waals surface area (Å²) in [6, 6.07) is 1.33. The van der Waals surface area contributed by atoms with Gasteiger partial charge in [-0.05, 0) is 18.9 Å². The quantitative estimate of drug-likeness (QED) is 0.913. The molecular formula is C12H17ClFN3O. The van der Waals surface area contributed by atoms with Gasteiger partial charge in [0.15, 0.2) is 11.6 Å². The van der Waals surface area contributed by atoms with Gasteiger partial charge in [0.25, 0.3) is 0 Å². The molecule has 2 rings (SSSR count). The summed E-state index contributed by atoms with van der Waals surface area (Å²) in [5.41, 5.74) is 5.75. The number of piperidine rings is 1. The van der Waals surface area contributed by atoms with Crippen molar-refractivity contribution < 1.29 is 9.13 Å². The molecule has 0 saturated carbocycles. The third kappa shape index (κ3) is 2.74. The monoisotopic (exact) mass is 273 g/mol. The number of nitrogens with two attached hydrogens (primary N) is 1. The molecule has 18 heavy (non-hydrogen) atoms. The third-order valence-corrected chi connectivity index (χ3v) is 3.54. The number of hydrogen-bond acceptors (Lipinski definition) is 4. The van der Waals surface area contributed by atoms with E-state index in [9.17, 15) is 4.39 Å². The standard InChI is InChI=1S/C12H17ClFN3O/c1-18-10-2-3-17(9(5-10)6-15)12-11(14)4-8(13)7-16-12/h4,7,9-10H,2-3,5-6,15H2,1H3. The number of aromatic nitrogens is 1. The summed E-state index contributed by atoms with van der Waals surface area (Å²) in [6.07, 6.45) is 3.27. The lowest BCUT2D eigenvalue weighted by Crippen LogP contribution is -2.49. The van der Waals surface area contributed by atoms with E-state index < -0.39 is 5.82 Å². The highest BCUT2D eigenvalue weighted by molar-refractivity contribution is 6.30. The zero-order chi connectivity index (χ0) is 13.1. The Labute approximate surface area is 111 Å². The summed E-state index contributed by atoms with van der Waals surface area (Å²) < 4.78 is 19.2. The first-order chi connectivity index (χ1) is 8.65. The molecule has 4 nitrogen and oxygen atoms in total. The van der Waals surface area contributed by atoms with Crippen LogP contribution in [0.15, 0.2) is 12.3 Å². The van der Waals surface area contributed by atoms with Crippen LogP contribution in [0.4, 0.5) is 10.2 Å². The van der Waals surface area contributed by atoms with Crippen LogP contribution in [-0.2, 0) is 4.74 Å². The molecule has 2 N–H and O–H groups in total. The fraction of sp³-hybridized carbons (Fsp3) is 0.583. The molecule has 1 aliphatic heterocycles. The van der Waals surface area contributed by atoms with Crippen molar-refractivity contribution in [3.05, 3.63) is 23.1 Å². The molecule has 0 spiro atoms. The number of hydrogen-bond donors (Lipinski definition) is 1. The van der Waals surface area contributed by atoms with Gasteiger partial charge in [-0.25, -0.2) is 9.37 Å². The Morgan fingerprint density at radius 2 is 2.44 bits per heavy atom. The first-order valence-electron chi connectivity index (χ1n) is 5.96. The molecule has 1 aliphatic rings. The minimum Gasteiger partial charge on any atom is -0.381 e.